The van der Waals surface area contributed by atoms with Crippen LogP contribution in [0.5, 0.6) is 0 Å². The number of halogens is 2. The van der Waals surface area contributed by atoms with Gasteiger partial charge < -0.3 is 9.88 Å². The van der Waals surface area contributed by atoms with Gasteiger partial charge in [0.2, 0.25) is 0 Å². The van der Waals surface area contributed by atoms with Crippen molar-refractivity contribution in [2.45, 2.75) is 47.2 Å². The van der Waals surface area contributed by atoms with Crippen molar-refractivity contribution < 1.29 is 0 Å². The summed E-state index contributed by atoms with van der Waals surface area (Å²) < 4.78 is 5.18. The van der Waals surface area contributed by atoms with Gasteiger partial charge in [0.1, 0.15) is 0 Å². The molecule has 31 heavy (non-hydrogen) atoms. The first-order valence-electron chi connectivity index (χ1n) is 10.5. The Bertz CT molecular complexity index is 1210. The molecule has 2 aromatic heterocycles. The minimum absolute atomic E-state index is 0.188. The molecule has 3 rings (SSSR count). The van der Waals surface area contributed by atoms with Crippen LogP contribution in [0.15, 0.2) is 32.5 Å². The summed E-state index contributed by atoms with van der Waals surface area (Å²) in [4.78, 5) is 30.4. The normalized spacial score (nSPS) is 12.6. The van der Waals surface area contributed by atoms with Crippen molar-refractivity contribution in [1.29, 1.82) is 0 Å². The van der Waals surface area contributed by atoms with Gasteiger partial charge in [0.05, 0.1) is 0 Å². The highest BCUT2D eigenvalue weighted by Gasteiger charge is 2.20. The van der Waals surface area contributed by atoms with Gasteiger partial charge in [-0.3, -0.25) is 13.9 Å². The second kappa shape index (κ2) is 9.61. The van der Waals surface area contributed by atoms with Crippen LogP contribution in [0.2, 0.25) is 5.02 Å². The molecule has 0 saturated carbocycles. The van der Waals surface area contributed by atoms with E-state index in [-0.39, 0.29) is 17.2 Å². The molecule has 1 aromatic carbocycles. The average Bonchev–Trinajstić information content (AvgIpc) is 3.03. The van der Waals surface area contributed by atoms with Crippen LogP contribution >= 0.6 is 27.5 Å². The lowest BCUT2D eigenvalue weighted by Gasteiger charge is -2.17. The lowest BCUT2D eigenvalue weighted by Crippen LogP contribution is -2.40. The maximum Gasteiger partial charge on any atom is 0.332 e. The summed E-state index contributed by atoms with van der Waals surface area (Å²) in [6, 6.07) is 5.76. The maximum absolute atomic E-state index is 13.2. The van der Waals surface area contributed by atoms with Gasteiger partial charge in [-0.2, -0.15) is 0 Å². The van der Waals surface area contributed by atoms with Crippen molar-refractivity contribution in [3.05, 3.63) is 54.4 Å². The van der Waals surface area contributed by atoms with E-state index in [4.69, 9.17) is 11.6 Å². The highest BCUT2D eigenvalue weighted by atomic mass is 79.9. The Morgan fingerprint density at radius 1 is 1.19 bits per heavy atom. The lowest BCUT2D eigenvalue weighted by molar-refractivity contribution is 0.482. The topological polar surface area (TPSA) is 73.8 Å². The Morgan fingerprint density at radius 3 is 2.58 bits per heavy atom. The van der Waals surface area contributed by atoms with Crippen molar-refractivity contribution in [3.63, 3.8) is 0 Å². The standard InChI is InChI=1S/C22H29BrClN5O2/c1-13(2)8-9-28-20(30)18-19(27(5)22(28)31)26-21(23)29(18)12-14(3)11-25-17-10-16(24)7-6-15(17)4/h6-7,10,13-14,25H,8-9,11-12H2,1-5H3. The van der Waals surface area contributed by atoms with Crippen LogP contribution in [0.3, 0.4) is 0 Å². The number of aromatic nitrogens is 4. The van der Waals surface area contributed by atoms with Gasteiger partial charge in [0.25, 0.3) is 5.56 Å². The molecule has 0 radical (unpaired) electrons. The summed E-state index contributed by atoms with van der Waals surface area (Å²) in [6.45, 7) is 9.94. The molecule has 0 aliphatic carbocycles. The van der Waals surface area contributed by atoms with Crippen molar-refractivity contribution in [2.75, 3.05) is 11.9 Å². The smallest absolute Gasteiger partial charge is 0.332 e. The highest BCUT2D eigenvalue weighted by Crippen LogP contribution is 2.22. The van der Waals surface area contributed by atoms with E-state index in [1.807, 2.05) is 29.7 Å². The zero-order chi connectivity index (χ0) is 22.9. The Balaban J connectivity index is 1.91. The molecule has 0 aliphatic heterocycles. The molecule has 1 unspecified atom stereocenters. The van der Waals surface area contributed by atoms with Crippen molar-refractivity contribution in [2.24, 2.45) is 18.9 Å². The summed E-state index contributed by atoms with van der Waals surface area (Å²) in [5.74, 6) is 0.581. The van der Waals surface area contributed by atoms with E-state index in [2.05, 4.69) is 47.0 Å². The number of nitrogens with zero attached hydrogens (tertiary/aromatic N) is 4. The van der Waals surface area contributed by atoms with Gasteiger partial charge in [-0.05, 0) is 58.8 Å². The van der Waals surface area contributed by atoms with Crippen LogP contribution in [0, 0.1) is 18.8 Å². The molecule has 168 valence electrons. The number of hydrogen-bond donors (Lipinski definition) is 1. The first-order valence-corrected chi connectivity index (χ1v) is 11.6. The molecule has 0 bridgehead atoms. The first kappa shape index (κ1) is 23.6. The van der Waals surface area contributed by atoms with Crippen LogP contribution < -0.4 is 16.6 Å². The van der Waals surface area contributed by atoms with Gasteiger partial charge in [-0.25, -0.2) is 9.78 Å². The molecule has 1 atom stereocenters. The van der Waals surface area contributed by atoms with E-state index in [1.165, 1.54) is 9.13 Å². The minimum Gasteiger partial charge on any atom is -0.384 e. The van der Waals surface area contributed by atoms with E-state index in [9.17, 15) is 9.59 Å². The third-order valence-corrected chi connectivity index (χ3v) is 6.29. The molecule has 0 spiro atoms. The van der Waals surface area contributed by atoms with E-state index >= 15 is 0 Å². The number of hydrogen-bond acceptors (Lipinski definition) is 4. The van der Waals surface area contributed by atoms with Crippen LogP contribution in [0.1, 0.15) is 32.8 Å². The van der Waals surface area contributed by atoms with Crippen LogP contribution in [0.4, 0.5) is 5.69 Å². The molecule has 0 amide bonds. The third kappa shape index (κ3) is 5.06. The summed E-state index contributed by atoms with van der Waals surface area (Å²) in [6.07, 6.45) is 0.759. The largest absolute Gasteiger partial charge is 0.384 e. The molecule has 9 heteroatoms. The number of imidazole rings is 1. The molecule has 0 saturated heterocycles. The van der Waals surface area contributed by atoms with Gasteiger partial charge in [0, 0.05) is 37.4 Å². The van der Waals surface area contributed by atoms with Crippen LogP contribution in [-0.4, -0.2) is 25.2 Å². The number of aryl methyl sites for hydroxylation is 2. The summed E-state index contributed by atoms with van der Waals surface area (Å²) in [5.41, 5.74) is 2.34. The highest BCUT2D eigenvalue weighted by molar-refractivity contribution is 9.10. The average molecular weight is 511 g/mol. The van der Waals surface area contributed by atoms with Gasteiger partial charge in [-0.15, -0.1) is 0 Å². The zero-order valence-electron chi connectivity index (χ0n) is 18.6. The summed E-state index contributed by atoms with van der Waals surface area (Å²) in [5, 5.41) is 4.13. The molecule has 3 aromatic rings. The summed E-state index contributed by atoms with van der Waals surface area (Å²) >= 11 is 9.60. The Labute approximate surface area is 195 Å². The first-order chi connectivity index (χ1) is 14.6. The van der Waals surface area contributed by atoms with E-state index in [0.717, 1.165) is 17.7 Å². The molecule has 1 N–H and O–H groups in total. The monoisotopic (exact) mass is 509 g/mol. The molecule has 2 heterocycles. The third-order valence-electron chi connectivity index (χ3n) is 5.45. The second-order valence-electron chi connectivity index (χ2n) is 8.59. The van der Waals surface area contributed by atoms with Crippen molar-refractivity contribution >= 4 is 44.4 Å². The lowest BCUT2D eigenvalue weighted by atomic mass is 10.1. The number of benzene rings is 1. The molecule has 0 fully saturated rings. The van der Waals surface area contributed by atoms with Gasteiger partial charge in [0.15, 0.2) is 15.9 Å². The van der Waals surface area contributed by atoms with Gasteiger partial charge in [-0.1, -0.05) is 38.4 Å². The number of fused-ring (bicyclic) bond motifs is 1. The quantitative estimate of drug-likeness (QED) is 0.455. The second-order valence-corrected chi connectivity index (χ2v) is 9.74. The SMILES string of the molecule is Cc1ccc(Cl)cc1NCC(C)Cn1c(Br)nc2c1c(=O)n(CCC(C)C)c(=O)n2C. The number of anilines is 1. The Hall–Kier alpha value is -2.06. The number of rotatable bonds is 8. The molecule has 0 aliphatic rings. The Morgan fingerprint density at radius 2 is 1.90 bits per heavy atom. The Kier molecular flexibility index (Phi) is 7.31. The van der Waals surface area contributed by atoms with Gasteiger partial charge >= 0.3 is 5.69 Å². The van der Waals surface area contributed by atoms with Crippen LogP contribution in [0.25, 0.3) is 11.2 Å². The fourth-order valence-corrected chi connectivity index (χ4v) is 4.20. The van der Waals surface area contributed by atoms with E-state index in [1.54, 1.807) is 7.05 Å². The molecular formula is C22H29BrClN5O2. The predicted octanol–water partition coefficient (Wildman–Crippen LogP) is 4.42. The van der Waals surface area contributed by atoms with Crippen molar-refractivity contribution in [1.82, 2.24) is 18.7 Å². The maximum atomic E-state index is 13.2. The molecule has 7 nitrogen and oxygen atoms in total. The molecular weight excluding hydrogens is 482 g/mol. The van der Waals surface area contributed by atoms with Crippen molar-refractivity contribution in [3.8, 4) is 0 Å². The van der Waals surface area contributed by atoms with E-state index in [0.29, 0.717) is 46.5 Å². The fourth-order valence-electron chi connectivity index (χ4n) is 3.54. The fraction of sp³-hybridized carbons (Fsp3) is 0.500. The van der Waals surface area contributed by atoms with Crippen LogP contribution in [-0.2, 0) is 20.1 Å². The summed E-state index contributed by atoms with van der Waals surface area (Å²) in [7, 11) is 1.66. The zero-order valence-corrected chi connectivity index (χ0v) is 20.9. The number of nitrogens with one attached hydrogen (secondary N) is 1. The van der Waals surface area contributed by atoms with E-state index < -0.39 is 0 Å². The predicted molar refractivity (Wildman–Crippen MR) is 130 cm³/mol. The minimum atomic E-state index is -0.332.